The summed E-state index contributed by atoms with van der Waals surface area (Å²) in [4.78, 5) is 37.4. The van der Waals surface area contributed by atoms with Crippen LogP contribution < -0.4 is 21.5 Å². The molecule has 0 aliphatic rings. The minimum Gasteiger partial charge on any atom is -0.437 e. The Morgan fingerprint density at radius 2 is 1.65 bits per heavy atom. The lowest BCUT2D eigenvalue weighted by atomic mass is 10.1. The van der Waals surface area contributed by atoms with Crippen LogP contribution in [0.1, 0.15) is 23.2 Å². The van der Waals surface area contributed by atoms with Gasteiger partial charge in [-0.25, -0.2) is 18.7 Å². The van der Waals surface area contributed by atoms with Gasteiger partial charge in [0.2, 0.25) is 5.88 Å². The van der Waals surface area contributed by atoms with Gasteiger partial charge in [-0.05, 0) is 49.2 Å². The van der Waals surface area contributed by atoms with Crippen LogP contribution in [0.3, 0.4) is 0 Å². The molecule has 9 nitrogen and oxygen atoms in total. The second-order valence-electron chi connectivity index (χ2n) is 6.77. The maximum absolute atomic E-state index is 13.0. The van der Waals surface area contributed by atoms with E-state index in [1.54, 1.807) is 38.1 Å². The largest absolute Gasteiger partial charge is 0.437 e. The number of H-pyrrole nitrogens is 2. The molecule has 31 heavy (non-hydrogen) atoms. The van der Waals surface area contributed by atoms with E-state index in [1.165, 1.54) is 12.1 Å². The van der Waals surface area contributed by atoms with E-state index in [9.17, 15) is 23.2 Å². The first kappa shape index (κ1) is 20.1. The van der Waals surface area contributed by atoms with Gasteiger partial charge in [-0.15, -0.1) is 5.10 Å². The molecular weight excluding hydrogens is 412 g/mol. The Kier molecular flexibility index (Phi) is 4.93. The molecule has 0 atom stereocenters. The normalized spacial score (nSPS) is 11.3. The third-order valence-corrected chi connectivity index (χ3v) is 4.61. The predicted octanol–water partition coefficient (Wildman–Crippen LogP) is 2.50. The van der Waals surface area contributed by atoms with Gasteiger partial charge in [0.25, 0.3) is 17.5 Å². The van der Waals surface area contributed by atoms with E-state index in [1.807, 2.05) is 4.98 Å². The Bertz CT molecular complexity index is 1470. The summed E-state index contributed by atoms with van der Waals surface area (Å²) in [6.45, 7) is 3.37. The third kappa shape index (κ3) is 3.61. The van der Waals surface area contributed by atoms with Gasteiger partial charge in [0.05, 0.1) is 16.5 Å². The number of aromatic nitrogens is 5. The fraction of sp³-hybridized carbons (Fsp3) is 0.150. The molecular formula is C20H15F2N5O4. The molecule has 158 valence electrons. The molecule has 2 aromatic heterocycles. The lowest BCUT2D eigenvalue weighted by molar-refractivity contribution is 0.141. The quantitative estimate of drug-likeness (QED) is 0.516. The maximum atomic E-state index is 13.0. The van der Waals surface area contributed by atoms with Crippen molar-refractivity contribution in [3.63, 3.8) is 0 Å². The van der Waals surface area contributed by atoms with E-state index in [0.29, 0.717) is 32.3 Å². The summed E-state index contributed by atoms with van der Waals surface area (Å²) < 4.78 is 32.7. The van der Waals surface area contributed by atoms with Crippen LogP contribution in [0.5, 0.6) is 11.6 Å². The number of aryl methyl sites for hydroxylation is 2. The number of aromatic amines is 2. The molecule has 0 unspecified atom stereocenters. The lowest BCUT2D eigenvalue weighted by Crippen LogP contribution is -2.34. The molecule has 4 rings (SSSR count). The minimum absolute atomic E-state index is 0.171. The Morgan fingerprint density at radius 1 is 1.00 bits per heavy atom. The highest BCUT2D eigenvalue weighted by Gasteiger charge is 2.19. The number of fused-ring (bicyclic) bond motifs is 1. The average Bonchev–Trinajstić information content (AvgIpc) is 2.72. The van der Waals surface area contributed by atoms with Crippen LogP contribution in [0.4, 0.5) is 8.78 Å². The Hall–Kier alpha value is -4.15. The number of rotatable bonds is 4. The number of hydrogen-bond donors (Lipinski definition) is 2. The summed E-state index contributed by atoms with van der Waals surface area (Å²) in [5.74, 6) is 0.577. The van der Waals surface area contributed by atoms with Gasteiger partial charge < -0.3 is 4.74 Å². The predicted molar refractivity (Wildman–Crippen MR) is 107 cm³/mol. The highest BCUT2D eigenvalue weighted by Crippen LogP contribution is 2.32. The monoisotopic (exact) mass is 427 g/mol. The van der Waals surface area contributed by atoms with Crippen molar-refractivity contribution >= 4 is 10.8 Å². The van der Waals surface area contributed by atoms with Crippen molar-refractivity contribution in [2.45, 2.75) is 20.3 Å². The molecule has 2 heterocycles. The highest BCUT2D eigenvalue weighted by atomic mass is 19.3. The fourth-order valence-electron chi connectivity index (χ4n) is 3.21. The number of halogens is 2. The SMILES string of the molecule is Cc1cc(-n2nc(C(F)F)c(=O)[nH]c2=O)cc(C)c1Oc1n[nH]c(=O)c2ccccc12. The van der Waals surface area contributed by atoms with E-state index in [0.717, 1.165) is 0 Å². The summed E-state index contributed by atoms with van der Waals surface area (Å²) in [5, 5.41) is 10.8. The van der Waals surface area contributed by atoms with E-state index >= 15 is 0 Å². The van der Waals surface area contributed by atoms with E-state index < -0.39 is 23.4 Å². The number of alkyl halides is 2. The summed E-state index contributed by atoms with van der Waals surface area (Å²) in [7, 11) is 0. The zero-order chi connectivity index (χ0) is 22.3. The topological polar surface area (TPSA) is 123 Å². The van der Waals surface area contributed by atoms with E-state index in [2.05, 4.69) is 15.3 Å². The van der Waals surface area contributed by atoms with Gasteiger partial charge in [0.15, 0.2) is 5.69 Å². The van der Waals surface area contributed by atoms with Gasteiger partial charge in [-0.3, -0.25) is 14.6 Å². The number of nitrogens with one attached hydrogen (secondary N) is 2. The summed E-state index contributed by atoms with van der Waals surface area (Å²) in [6, 6.07) is 9.79. The second kappa shape index (κ2) is 7.59. The van der Waals surface area contributed by atoms with Crippen molar-refractivity contribution in [1.82, 2.24) is 25.0 Å². The summed E-state index contributed by atoms with van der Waals surface area (Å²) >= 11 is 0. The molecule has 4 aromatic rings. The molecule has 11 heteroatoms. The van der Waals surface area contributed by atoms with Gasteiger partial charge in [-0.2, -0.15) is 9.78 Å². The Balaban J connectivity index is 1.81. The lowest BCUT2D eigenvalue weighted by Gasteiger charge is -2.14. The minimum atomic E-state index is -3.14. The van der Waals surface area contributed by atoms with Crippen molar-refractivity contribution in [1.29, 1.82) is 0 Å². The first-order valence-electron chi connectivity index (χ1n) is 9.05. The summed E-state index contributed by atoms with van der Waals surface area (Å²) in [6.07, 6.45) is -3.14. The van der Waals surface area contributed by atoms with Crippen molar-refractivity contribution in [3.8, 4) is 17.3 Å². The molecule has 2 aromatic carbocycles. The second-order valence-corrected chi connectivity index (χ2v) is 6.77. The Labute approximate surface area is 171 Å². The highest BCUT2D eigenvalue weighted by molar-refractivity contribution is 5.86. The fourth-order valence-corrected chi connectivity index (χ4v) is 3.21. The van der Waals surface area contributed by atoms with Gasteiger partial charge >= 0.3 is 5.69 Å². The van der Waals surface area contributed by atoms with Crippen molar-refractivity contribution in [3.05, 3.63) is 84.4 Å². The number of hydrogen-bond acceptors (Lipinski definition) is 6. The van der Waals surface area contributed by atoms with Crippen LogP contribution in [0.25, 0.3) is 16.5 Å². The van der Waals surface area contributed by atoms with Crippen molar-refractivity contribution in [2.24, 2.45) is 0 Å². The van der Waals surface area contributed by atoms with E-state index in [4.69, 9.17) is 4.74 Å². The van der Waals surface area contributed by atoms with Crippen LogP contribution in [-0.2, 0) is 0 Å². The van der Waals surface area contributed by atoms with Crippen LogP contribution in [-0.4, -0.2) is 25.0 Å². The summed E-state index contributed by atoms with van der Waals surface area (Å²) in [5.41, 5.74) is -2.33. The molecule has 0 radical (unpaired) electrons. The van der Waals surface area contributed by atoms with Crippen LogP contribution in [0, 0.1) is 13.8 Å². The van der Waals surface area contributed by atoms with Crippen molar-refractivity contribution in [2.75, 3.05) is 0 Å². The number of ether oxygens (including phenoxy) is 1. The van der Waals surface area contributed by atoms with Crippen LogP contribution in [0.15, 0.2) is 50.8 Å². The molecule has 0 bridgehead atoms. The zero-order valence-electron chi connectivity index (χ0n) is 16.3. The van der Waals surface area contributed by atoms with E-state index in [-0.39, 0.29) is 17.1 Å². The van der Waals surface area contributed by atoms with Crippen LogP contribution in [0.2, 0.25) is 0 Å². The number of nitrogens with zero attached hydrogens (tertiary/aromatic N) is 3. The molecule has 0 aliphatic heterocycles. The molecule has 2 N–H and O–H groups in total. The maximum Gasteiger partial charge on any atom is 0.349 e. The van der Waals surface area contributed by atoms with Crippen molar-refractivity contribution < 1.29 is 13.5 Å². The molecule has 0 amide bonds. The Morgan fingerprint density at radius 3 is 2.29 bits per heavy atom. The zero-order valence-corrected chi connectivity index (χ0v) is 16.3. The third-order valence-electron chi connectivity index (χ3n) is 4.61. The number of benzene rings is 2. The first-order valence-corrected chi connectivity index (χ1v) is 9.05. The molecule has 0 saturated carbocycles. The van der Waals surface area contributed by atoms with Gasteiger partial charge in [0, 0.05) is 0 Å². The molecule has 0 spiro atoms. The standard InChI is InChI=1S/C20H15F2N5O4/c1-9-7-11(27-20(30)23-18(29)14(26-27)16(21)22)8-10(2)15(9)31-19-13-6-4-3-5-12(13)17(28)24-25-19/h3-8,16H,1-2H3,(H,24,28)(H,23,29,30). The van der Waals surface area contributed by atoms with Crippen LogP contribution >= 0.6 is 0 Å². The van der Waals surface area contributed by atoms with Gasteiger partial charge in [0.1, 0.15) is 5.75 Å². The molecule has 0 saturated heterocycles. The average molecular weight is 427 g/mol. The molecule has 0 fully saturated rings. The van der Waals surface area contributed by atoms with Gasteiger partial charge in [-0.1, -0.05) is 12.1 Å². The first-order chi connectivity index (χ1) is 14.8. The smallest absolute Gasteiger partial charge is 0.349 e. The molecule has 0 aliphatic carbocycles.